The Morgan fingerprint density at radius 2 is 2.10 bits per heavy atom. The van der Waals surface area contributed by atoms with Crippen LogP contribution in [-0.4, -0.2) is 26.7 Å². The number of aromatic nitrogens is 3. The fourth-order valence-corrected chi connectivity index (χ4v) is 2.49. The number of ether oxygens (including phenoxy) is 1. The molecule has 1 aliphatic carbocycles. The highest BCUT2D eigenvalue weighted by Gasteiger charge is 2.18. The number of amides is 1. The highest BCUT2D eigenvalue weighted by atomic mass is 16.6. The van der Waals surface area contributed by atoms with Crippen LogP contribution in [0.3, 0.4) is 0 Å². The van der Waals surface area contributed by atoms with Gasteiger partial charge in [-0.05, 0) is 39.5 Å². The van der Waals surface area contributed by atoms with Gasteiger partial charge >= 0.3 is 6.09 Å². The molecule has 1 aromatic rings. The van der Waals surface area contributed by atoms with Gasteiger partial charge < -0.3 is 4.74 Å². The SMILES string of the molecule is CC(C)(C)OC(=O)Nc1cn(CC2CCCCC2)nn1. The lowest BCUT2D eigenvalue weighted by Gasteiger charge is -2.20. The Hall–Kier alpha value is -1.59. The number of hydrogen-bond acceptors (Lipinski definition) is 4. The van der Waals surface area contributed by atoms with Gasteiger partial charge in [0.2, 0.25) is 0 Å². The first-order chi connectivity index (χ1) is 9.42. The van der Waals surface area contributed by atoms with Crippen molar-refractivity contribution in [1.82, 2.24) is 15.0 Å². The summed E-state index contributed by atoms with van der Waals surface area (Å²) in [4.78, 5) is 11.6. The van der Waals surface area contributed by atoms with E-state index in [0.29, 0.717) is 11.7 Å². The molecular formula is C14H24N4O2. The molecule has 1 saturated carbocycles. The van der Waals surface area contributed by atoms with Gasteiger partial charge in [0.1, 0.15) is 5.60 Å². The lowest BCUT2D eigenvalue weighted by atomic mass is 9.89. The molecule has 1 heterocycles. The highest BCUT2D eigenvalue weighted by Crippen LogP contribution is 2.24. The molecular weight excluding hydrogens is 256 g/mol. The van der Waals surface area contributed by atoms with Crippen molar-refractivity contribution in [2.45, 2.75) is 65.0 Å². The third kappa shape index (κ3) is 4.83. The zero-order valence-electron chi connectivity index (χ0n) is 12.6. The fraction of sp³-hybridized carbons (Fsp3) is 0.786. The van der Waals surface area contributed by atoms with Crippen LogP contribution in [0.25, 0.3) is 0 Å². The molecule has 0 atom stereocenters. The normalized spacial score (nSPS) is 16.9. The maximum Gasteiger partial charge on any atom is 0.413 e. The van der Waals surface area contributed by atoms with Crippen molar-refractivity contribution in [2.24, 2.45) is 5.92 Å². The molecule has 1 N–H and O–H groups in total. The zero-order chi connectivity index (χ0) is 14.6. The second-order valence-electron chi connectivity index (χ2n) is 6.46. The largest absolute Gasteiger partial charge is 0.444 e. The lowest BCUT2D eigenvalue weighted by molar-refractivity contribution is 0.0635. The van der Waals surface area contributed by atoms with Crippen LogP contribution >= 0.6 is 0 Å². The van der Waals surface area contributed by atoms with Crippen molar-refractivity contribution in [3.8, 4) is 0 Å². The Bertz CT molecular complexity index is 444. The minimum atomic E-state index is -0.512. The average molecular weight is 280 g/mol. The summed E-state index contributed by atoms with van der Waals surface area (Å²) < 4.78 is 6.98. The maximum absolute atomic E-state index is 11.6. The number of rotatable bonds is 3. The Morgan fingerprint density at radius 3 is 2.75 bits per heavy atom. The van der Waals surface area contributed by atoms with Crippen LogP contribution in [0.4, 0.5) is 10.6 Å². The van der Waals surface area contributed by atoms with Crippen molar-refractivity contribution in [2.75, 3.05) is 5.32 Å². The molecule has 6 heteroatoms. The minimum Gasteiger partial charge on any atom is -0.444 e. The number of carbonyl (C=O) groups is 1. The predicted octanol–water partition coefficient (Wildman–Crippen LogP) is 3.21. The molecule has 2 rings (SSSR count). The van der Waals surface area contributed by atoms with Crippen molar-refractivity contribution in [3.05, 3.63) is 6.20 Å². The van der Waals surface area contributed by atoms with E-state index in [1.165, 1.54) is 32.1 Å². The summed E-state index contributed by atoms with van der Waals surface area (Å²) in [6.45, 7) is 6.36. The minimum absolute atomic E-state index is 0.440. The number of anilines is 1. The summed E-state index contributed by atoms with van der Waals surface area (Å²) in [7, 11) is 0. The van der Waals surface area contributed by atoms with Gasteiger partial charge in [-0.15, -0.1) is 5.10 Å². The molecule has 1 aromatic heterocycles. The van der Waals surface area contributed by atoms with Crippen LogP contribution in [0.1, 0.15) is 52.9 Å². The molecule has 0 aromatic carbocycles. The van der Waals surface area contributed by atoms with Gasteiger partial charge in [-0.25, -0.2) is 4.79 Å². The molecule has 0 aliphatic heterocycles. The van der Waals surface area contributed by atoms with E-state index in [2.05, 4.69) is 15.6 Å². The summed E-state index contributed by atoms with van der Waals surface area (Å²) in [5.74, 6) is 1.12. The molecule has 20 heavy (non-hydrogen) atoms. The van der Waals surface area contributed by atoms with Crippen molar-refractivity contribution in [1.29, 1.82) is 0 Å². The van der Waals surface area contributed by atoms with E-state index >= 15 is 0 Å². The van der Waals surface area contributed by atoms with Crippen LogP contribution in [-0.2, 0) is 11.3 Å². The molecule has 0 bridgehead atoms. The van der Waals surface area contributed by atoms with Crippen LogP contribution in [0.5, 0.6) is 0 Å². The van der Waals surface area contributed by atoms with E-state index < -0.39 is 11.7 Å². The monoisotopic (exact) mass is 280 g/mol. The first-order valence-electron chi connectivity index (χ1n) is 7.32. The summed E-state index contributed by atoms with van der Waals surface area (Å²) in [5, 5.41) is 10.6. The maximum atomic E-state index is 11.6. The van der Waals surface area contributed by atoms with Crippen molar-refractivity contribution >= 4 is 11.9 Å². The van der Waals surface area contributed by atoms with E-state index in [1.54, 1.807) is 6.20 Å². The summed E-state index contributed by atoms with van der Waals surface area (Å²) in [6.07, 6.45) is 7.74. The van der Waals surface area contributed by atoms with Crippen LogP contribution in [0, 0.1) is 5.92 Å². The molecule has 112 valence electrons. The first-order valence-corrected chi connectivity index (χ1v) is 7.32. The second-order valence-corrected chi connectivity index (χ2v) is 6.46. The standard InChI is InChI=1S/C14H24N4O2/c1-14(2,3)20-13(19)15-12-10-18(17-16-12)9-11-7-5-4-6-8-11/h10-11H,4-9H2,1-3H3,(H,15,19). The molecule has 0 saturated heterocycles. The fourth-order valence-electron chi connectivity index (χ4n) is 2.49. The average Bonchev–Trinajstić information content (AvgIpc) is 2.75. The van der Waals surface area contributed by atoms with E-state index in [0.717, 1.165) is 6.54 Å². The second kappa shape index (κ2) is 6.24. The van der Waals surface area contributed by atoms with Gasteiger partial charge in [0.25, 0.3) is 0 Å². The molecule has 0 unspecified atom stereocenters. The molecule has 1 fully saturated rings. The Balaban J connectivity index is 1.84. The number of carbonyl (C=O) groups excluding carboxylic acids is 1. The number of nitrogens with one attached hydrogen (secondary N) is 1. The van der Waals surface area contributed by atoms with Gasteiger partial charge in [0, 0.05) is 6.54 Å². The summed E-state index contributed by atoms with van der Waals surface area (Å²) >= 11 is 0. The number of nitrogens with zero attached hydrogens (tertiary/aromatic N) is 3. The smallest absolute Gasteiger partial charge is 0.413 e. The van der Waals surface area contributed by atoms with E-state index in [-0.39, 0.29) is 0 Å². The van der Waals surface area contributed by atoms with Gasteiger partial charge in [-0.1, -0.05) is 24.5 Å². The van der Waals surface area contributed by atoms with Crippen molar-refractivity contribution in [3.63, 3.8) is 0 Å². The quantitative estimate of drug-likeness (QED) is 0.923. The molecule has 1 aliphatic rings. The first kappa shape index (κ1) is 14.8. The third-order valence-corrected chi connectivity index (χ3v) is 3.34. The lowest BCUT2D eigenvalue weighted by Crippen LogP contribution is -2.27. The third-order valence-electron chi connectivity index (χ3n) is 3.34. The van der Waals surface area contributed by atoms with E-state index in [4.69, 9.17) is 4.74 Å². The highest BCUT2D eigenvalue weighted by molar-refractivity contribution is 5.83. The Morgan fingerprint density at radius 1 is 1.40 bits per heavy atom. The Labute approximate surface area is 119 Å². The number of hydrogen-bond donors (Lipinski definition) is 1. The van der Waals surface area contributed by atoms with Gasteiger partial charge in [0.05, 0.1) is 6.20 Å². The molecule has 6 nitrogen and oxygen atoms in total. The molecule has 0 radical (unpaired) electrons. The topological polar surface area (TPSA) is 69.0 Å². The Kier molecular flexibility index (Phi) is 4.62. The predicted molar refractivity (Wildman–Crippen MR) is 76.5 cm³/mol. The van der Waals surface area contributed by atoms with Gasteiger partial charge in [-0.2, -0.15) is 0 Å². The van der Waals surface area contributed by atoms with E-state index in [1.807, 2.05) is 25.5 Å². The summed E-state index contributed by atoms with van der Waals surface area (Å²) in [5.41, 5.74) is -0.512. The van der Waals surface area contributed by atoms with Crippen LogP contribution < -0.4 is 5.32 Å². The van der Waals surface area contributed by atoms with Crippen molar-refractivity contribution < 1.29 is 9.53 Å². The summed E-state index contributed by atoms with van der Waals surface area (Å²) in [6, 6.07) is 0. The zero-order valence-corrected chi connectivity index (χ0v) is 12.6. The van der Waals surface area contributed by atoms with Crippen LogP contribution in [0.2, 0.25) is 0 Å². The van der Waals surface area contributed by atoms with Gasteiger partial charge in [-0.3, -0.25) is 10.00 Å². The van der Waals surface area contributed by atoms with E-state index in [9.17, 15) is 4.79 Å². The molecule has 1 amide bonds. The molecule has 0 spiro atoms. The van der Waals surface area contributed by atoms with Crippen LogP contribution in [0.15, 0.2) is 6.20 Å². The van der Waals surface area contributed by atoms with Gasteiger partial charge in [0.15, 0.2) is 5.82 Å².